The molecule has 5 heteroatoms. The van der Waals surface area contributed by atoms with Crippen LogP contribution in [0.2, 0.25) is 0 Å². The maximum atomic E-state index is 12.3. The highest BCUT2D eigenvalue weighted by Crippen LogP contribution is 2.37. The van der Waals surface area contributed by atoms with Gasteiger partial charge in [0.25, 0.3) is 0 Å². The second-order valence-corrected chi connectivity index (χ2v) is 7.53. The smallest absolute Gasteiger partial charge is 0.410 e. The minimum absolute atomic E-state index is 0.157. The minimum Gasteiger partial charge on any atom is -0.445 e. The molecule has 1 saturated heterocycles. The van der Waals surface area contributed by atoms with Crippen LogP contribution in [0.3, 0.4) is 0 Å². The molecule has 21 heavy (non-hydrogen) atoms. The predicted molar refractivity (Wildman–Crippen MR) is 87.3 cm³/mol. The number of thiophene rings is 1. The van der Waals surface area contributed by atoms with E-state index in [0.29, 0.717) is 6.61 Å². The van der Waals surface area contributed by atoms with Gasteiger partial charge in [0.1, 0.15) is 6.61 Å². The van der Waals surface area contributed by atoms with E-state index < -0.39 is 0 Å². The van der Waals surface area contributed by atoms with E-state index in [2.05, 4.69) is 22.0 Å². The normalized spacial score (nSPS) is 18.0. The molecular formula is C16H16BrNO2S. The van der Waals surface area contributed by atoms with Gasteiger partial charge in [-0.25, -0.2) is 4.79 Å². The Morgan fingerprint density at radius 1 is 1.29 bits per heavy atom. The van der Waals surface area contributed by atoms with Crippen LogP contribution in [-0.4, -0.2) is 17.5 Å². The van der Waals surface area contributed by atoms with Crippen LogP contribution in [0.25, 0.3) is 0 Å². The topological polar surface area (TPSA) is 29.5 Å². The van der Waals surface area contributed by atoms with Gasteiger partial charge in [0.2, 0.25) is 0 Å². The Balaban J connectivity index is 1.63. The van der Waals surface area contributed by atoms with Gasteiger partial charge >= 0.3 is 6.09 Å². The maximum absolute atomic E-state index is 12.3. The molecule has 110 valence electrons. The second-order valence-electron chi connectivity index (χ2n) is 5.03. The number of hydrogen-bond donors (Lipinski definition) is 0. The van der Waals surface area contributed by atoms with Gasteiger partial charge in [-0.3, -0.25) is 0 Å². The third-order valence-corrected chi connectivity index (χ3v) is 5.34. The lowest BCUT2D eigenvalue weighted by atomic mass is 10.2. The van der Waals surface area contributed by atoms with Crippen molar-refractivity contribution >= 4 is 33.4 Å². The molecule has 2 aromatic rings. The fraction of sp³-hybridized carbons (Fsp3) is 0.312. The summed E-state index contributed by atoms with van der Waals surface area (Å²) in [6.45, 7) is 1.10. The number of hydrogen-bond acceptors (Lipinski definition) is 3. The van der Waals surface area contributed by atoms with Gasteiger partial charge in [-0.1, -0.05) is 30.3 Å². The molecule has 0 saturated carbocycles. The van der Waals surface area contributed by atoms with Crippen LogP contribution in [0, 0.1) is 0 Å². The Kier molecular flexibility index (Phi) is 4.60. The summed E-state index contributed by atoms with van der Waals surface area (Å²) in [6.07, 6.45) is 1.82. The molecule has 1 amide bonds. The van der Waals surface area contributed by atoms with Crippen LogP contribution < -0.4 is 0 Å². The Morgan fingerprint density at radius 3 is 2.81 bits per heavy atom. The summed E-state index contributed by atoms with van der Waals surface area (Å²) in [4.78, 5) is 15.4. The molecule has 1 aliphatic rings. The van der Waals surface area contributed by atoms with Gasteiger partial charge in [-0.15, -0.1) is 11.3 Å². The molecule has 0 N–H and O–H groups in total. The Bertz CT molecular complexity index is 614. The largest absolute Gasteiger partial charge is 0.445 e. The van der Waals surface area contributed by atoms with Crippen LogP contribution in [0.5, 0.6) is 0 Å². The lowest BCUT2D eigenvalue weighted by molar-refractivity contribution is 0.0925. The number of rotatable bonds is 3. The van der Waals surface area contributed by atoms with Crippen molar-refractivity contribution in [2.75, 3.05) is 6.54 Å². The number of carbonyl (C=O) groups excluding carboxylic acids is 1. The van der Waals surface area contributed by atoms with Gasteiger partial charge < -0.3 is 9.64 Å². The van der Waals surface area contributed by atoms with E-state index in [1.165, 1.54) is 4.88 Å². The number of benzene rings is 1. The first-order chi connectivity index (χ1) is 10.2. The summed E-state index contributed by atoms with van der Waals surface area (Å²) in [5, 5.41) is 0. The van der Waals surface area contributed by atoms with Crippen molar-refractivity contribution in [3.05, 3.63) is 56.7 Å². The molecule has 1 aromatic heterocycles. The van der Waals surface area contributed by atoms with E-state index in [0.717, 1.165) is 28.7 Å². The van der Waals surface area contributed by atoms with Crippen molar-refractivity contribution in [1.29, 1.82) is 0 Å². The van der Waals surface area contributed by atoms with Gasteiger partial charge in [-0.2, -0.15) is 0 Å². The highest BCUT2D eigenvalue weighted by atomic mass is 79.9. The first-order valence-corrected chi connectivity index (χ1v) is 8.57. The van der Waals surface area contributed by atoms with Gasteiger partial charge in [0, 0.05) is 11.4 Å². The molecule has 0 bridgehead atoms. The summed E-state index contributed by atoms with van der Waals surface area (Å²) < 4.78 is 6.55. The zero-order valence-electron chi connectivity index (χ0n) is 11.5. The van der Waals surface area contributed by atoms with E-state index in [4.69, 9.17) is 4.74 Å². The van der Waals surface area contributed by atoms with Crippen molar-refractivity contribution < 1.29 is 9.53 Å². The molecule has 3 rings (SSSR count). The zero-order chi connectivity index (χ0) is 14.7. The van der Waals surface area contributed by atoms with Gasteiger partial charge in [-0.05, 0) is 46.5 Å². The summed E-state index contributed by atoms with van der Waals surface area (Å²) in [6, 6.07) is 14.1. The minimum atomic E-state index is -0.217. The maximum Gasteiger partial charge on any atom is 0.410 e. The molecule has 0 radical (unpaired) electrons. The van der Waals surface area contributed by atoms with E-state index in [9.17, 15) is 4.79 Å². The lowest BCUT2D eigenvalue weighted by Crippen LogP contribution is -2.30. The highest BCUT2D eigenvalue weighted by Gasteiger charge is 2.31. The van der Waals surface area contributed by atoms with Crippen molar-refractivity contribution in [3.8, 4) is 0 Å². The highest BCUT2D eigenvalue weighted by molar-refractivity contribution is 9.11. The van der Waals surface area contributed by atoms with Crippen LogP contribution in [0.1, 0.15) is 29.3 Å². The van der Waals surface area contributed by atoms with Crippen LogP contribution in [-0.2, 0) is 11.3 Å². The van der Waals surface area contributed by atoms with Crippen molar-refractivity contribution in [2.45, 2.75) is 25.5 Å². The Labute approximate surface area is 136 Å². The Morgan fingerprint density at radius 2 is 2.10 bits per heavy atom. The van der Waals surface area contributed by atoms with Gasteiger partial charge in [0.05, 0.1) is 9.83 Å². The van der Waals surface area contributed by atoms with Gasteiger partial charge in [0.15, 0.2) is 0 Å². The van der Waals surface area contributed by atoms with E-state index >= 15 is 0 Å². The molecule has 1 unspecified atom stereocenters. The van der Waals surface area contributed by atoms with Crippen molar-refractivity contribution in [2.24, 2.45) is 0 Å². The average molecular weight is 366 g/mol. The molecule has 1 aliphatic heterocycles. The zero-order valence-corrected chi connectivity index (χ0v) is 13.9. The quantitative estimate of drug-likeness (QED) is 0.766. The SMILES string of the molecule is O=C(OCc1ccccc1)N1CCCC1c1ccc(Br)s1. The third-order valence-electron chi connectivity index (χ3n) is 3.61. The standard InChI is InChI=1S/C16H16BrNO2S/c17-15-9-8-14(21-15)13-7-4-10-18(13)16(19)20-11-12-5-2-1-3-6-12/h1-3,5-6,8-9,13H,4,7,10-11H2. The number of nitrogens with zero attached hydrogens (tertiary/aromatic N) is 1. The molecule has 0 spiro atoms. The van der Waals surface area contributed by atoms with Crippen LogP contribution in [0.15, 0.2) is 46.3 Å². The first kappa shape index (κ1) is 14.6. The number of ether oxygens (including phenoxy) is 1. The van der Waals surface area contributed by atoms with E-state index in [-0.39, 0.29) is 12.1 Å². The summed E-state index contributed by atoms with van der Waals surface area (Å²) in [5.74, 6) is 0. The molecule has 0 aliphatic carbocycles. The molecule has 2 heterocycles. The van der Waals surface area contributed by atoms with Crippen molar-refractivity contribution in [3.63, 3.8) is 0 Å². The predicted octanol–water partition coefficient (Wildman–Crippen LogP) is 4.98. The van der Waals surface area contributed by atoms with Crippen LogP contribution >= 0.6 is 27.3 Å². The average Bonchev–Trinajstić information content (AvgIpc) is 3.14. The third kappa shape index (κ3) is 3.47. The summed E-state index contributed by atoms with van der Waals surface area (Å²) >= 11 is 5.17. The first-order valence-electron chi connectivity index (χ1n) is 6.96. The number of halogens is 1. The molecular weight excluding hydrogens is 350 g/mol. The van der Waals surface area contributed by atoms with E-state index in [1.54, 1.807) is 11.3 Å². The number of likely N-dealkylation sites (tertiary alicyclic amines) is 1. The second kappa shape index (κ2) is 6.62. The fourth-order valence-corrected chi connectivity index (χ4v) is 4.16. The molecule has 1 fully saturated rings. The summed E-state index contributed by atoms with van der Waals surface area (Å²) in [5.41, 5.74) is 1.01. The lowest BCUT2D eigenvalue weighted by Gasteiger charge is -2.23. The van der Waals surface area contributed by atoms with Crippen LogP contribution in [0.4, 0.5) is 4.79 Å². The number of amides is 1. The van der Waals surface area contributed by atoms with E-state index in [1.807, 2.05) is 41.3 Å². The molecule has 1 atom stereocenters. The molecule has 1 aromatic carbocycles. The Hall–Kier alpha value is -1.33. The fourth-order valence-electron chi connectivity index (χ4n) is 2.59. The number of carbonyl (C=O) groups is 1. The van der Waals surface area contributed by atoms with Crippen molar-refractivity contribution in [1.82, 2.24) is 4.90 Å². The summed E-state index contributed by atoms with van der Waals surface area (Å²) in [7, 11) is 0. The molecule has 3 nitrogen and oxygen atoms in total. The monoisotopic (exact) mass is 365 g/mol.